The Bertz CT molecular complexity index is 404. The third kappa shape index (κ3) is 8.14. The van der Waals surface area contributed by atoms with Gasteiger partial charge in [-0.1, -0.05) is 32.9 Å². The van der Waals surface area contributed by atoms with E-state index < -0.39 is 0 Å². The second-order valence-electron chi connectivity index (χ2n) is 5.00. The van der Waals surface area contributed by atoms with Crippen LogP contribution in [0.5, 0.6) is 5.75 Å². The molecule has 0 atom stereocenters. The van der Waals surface area contributed by atoms with Gasteiger partial charge in [-0.2, -0.15) is 0 Å². The second kappa shape index (κ2) is 11.7. The molecule has 0 fully saturated rings. The quantitative estimate of drug-likeness (QED) is 0.317. The molecule has 1 rings (SSSR count). The molecule has 120 valence electrons. The van der Waals surface area contributed by atoms with E-state index in [-0.39, 0.29) is 24.0 Å². The van der Waals surface area contributed by atoms with Crippen molar-refractivity contribution in [1.29, 1.82) is 0 Å². The van der Waals surface area contributed by atoms with Crippen molar-refractivity contribution >= 4 is 29.9 Å². The van der Waals surface area contributed by atoms with Gasteiger partial charge in [-0.25, -0.2) is 0 Å². The number of aliphatic imine (C=N–C) groups is 1. The molecule has 0 aromatic heterocycles. The maximum absolute atomic E-state index is 5.69. The predicted molar refractivity (Wildman–Crippen MR) is 101 cm³/mol. The van der Waals surface area contributed by atoms with Crippen LogP contribution in [0.4, 0.5) is 0 Å². The molecule has 0 heterocycles. The molecule has 0 spiro atoms. The van der Waals surface area contributed by atoms with Gasteiger partial charge in [0.15, 0.2) is 5.96 Å². The maximum Gasteiger partial charge on any atom is 0.191 e. The summed E-state index contributed by atoms with van der Waals surface area (Å²) in [5.74, 6) is 2.29. The fourth-order valence-electron chi connectivity index (χ4n) is 1.75. The zero-order valence-electron chi connectivity index (χ0n) is 13.5. The van der Waals surface area contributed by atoms with Gasteiger partial charge in [-0.05, 0) is 30.0 Å². The van der Waals surface area contributed by atoms with Gasteiger partial charge in [0, 0.05) is 13.6 Å². The smallest absolute Gasteiger partial charge is 0.191 e. The van der Waals surface area contributed by atoms with E-state index in [4.69, 9.17) is 4.74 Å². The number of hydrogen-bond donors (Lipinski definition) is 2. The van der Waals surface area contributed by atoms with Gasteiger partial charge in [0.25, 0.3) is 0 Å². The normalized spacial score (nSPS) is 11.0. The van der Waals surface area contributed by atoms with Gasteiger partial charge in [0.1, 0.15) is 12.4 Å². The Morgan fingerprint density at radius 1 is 1.14 bits per heavy atom. The molecule has 0 amide bonds. The van der Waals surface area contributed by atoms with Crippen LogP contribution in [0, 0.1) is 0 Å². The lowest BCUT2D eigenvalue weighted by atomic mass is 10.0. The van der Waals surface area contributed by atoms with Crippen molar-refractivity contribution in [3.63, 3.8) is 0 Å². The van der Waals surface area contributed by atoms with E-state index in [1.54, 1.807) is 7.05 Å². The molecule has 0 unspecified atom stereocenters. The topological polar surface area (TPSA) is 45.7 Å². The van der Waals surface area contributed by atoms with Crippen molar-refractivity contribution in [3.05, 3.63) is 29.8 Å². The fourth-order valence-corrected chi connectivity index (χ4v) is 1.75. The van der Waals surface area contributed by atoms with Crippen molar-refractivity contribution < 1.29 is 4.74 Å². The number of nitrogens with one attached hydrogen (secondary N) is 2. The zero-order chi connectivity index (χ0) is 14.8. The Balaban J connectivity index is 0.00000400. The third-order valence-electron chi connectivity index (χ3n) is 2.98. The predicted octanol–water partition coefficient (Wildman–Crippen LogP) is 3.38. The van der Waals surface area contributed by atoms with E-state index in [1.165, 1.54) is 5.56 Å². The van der Waals surface area contributed by atoms with E-state index in [0.29, 0.717) is 12.5 Å². The maximum atomic E-state index is 5.69. The van der Waals surface area contributed by atoms with Crippen molar-refractivity contribution in [3.8, 4) is 5.75 Å². The number of guanidine groups is 1. The van der Waals surface area contributed by atoms with Crippen molar-refractivity contribution in [2.75, 3.05) is 26.7 Å². The van der Waals surface area contributed by atoms with E-state index in [2.05, 4.69) is 48.5 Å². The molecule has 21 heavy (non-hydrogen) atoms. The Hall–Kier alpha value is -0.980. The molecule has 5 heteroatoms. The molecule has 0 saturated heterocycles. The average molecular weight is 405 g/mol. The van der Waals surface area contributed by atoms with E-state index in [0.717, 1.165) is 31.2 Å². The first kappa shape index (κ1) is 20.0. The number of nitrogens with zero attached hydrogens (tertiary/aromatic N) is 1. The highest BCUT2D eigenvalue weighted by Gasteiger charge is 2.00. The first-order valence-electron chi connectivity index (χ1n) is 7.34. The van der Waals surface area contributed by atoms with Crippen LogP contribution in [-0.4, -0.2) is 32.7 Å². The third-order valence-corrected chi connectivity index (χ3v) is 2.98. The number of rotatable bonds is 7. The molecular weight excluding hydrogens is 377 g/mol. The highest BCUT2D eigenvalue weighted by molar-refractivity contribution is 14.0. The van der Waals surface area contributed by atoms with Gasteiger partial charge < -0.3 is 15.4 Å². The summed E-state index contributed by atoms with van der Waals surface area (Å²) in [7, 11) is 1.77. The lowest BCUT2D eigenvalue weighted by molar-refractivity contribution is 0.322. The number of benzene rings is 1. The zero-order valence-corrected chi connectivity index (χ0v) is 15.8. The van der Waals surface area contributed by atoms with E-state index >= 15 is 0 Å². The molecule has 0 aliphatic heterocycles. The van der Waals surface area contributed by atoms with Crippen LogP contribution < -0.4 is 15.4 Å². The van der Waals surface area contributed by atoms with Gasteiger partial charge in [0.05, 0.1) is 6.54 Å². The minimum Gasteiger partial charge on any atom is -0.492 e. The minimum absolute atomic E-state index is 0. The lowest BCUT2D eigenvalue weighted by Crippen LogP contribution is -2.39. The molecule has 1 aromatic carbocycles. The Kier molecular flexibility index (Phi) is 11.1. The number of hydrogen-bond acceptors (Lipinski definition) is 2. The van der Waals surface area contributed by atoms with Crippen LogP contribution >= 0.6 is 24.0 Å². The van der Waals surface area contributed by atoms with Crippen LogP contribution in [-0.2, 0) is 0 Å². The summed E-state index contributed by atoms with van der Waals surface area (Å²) in [5, 5.41) is 6.44. The second-order valence-corrected chi connectivity index (χ2v) is 5.00. The molecule has 0 aliphatic rings. The van der Waals surface area contributed by atoms with E-state index in [9.17, 15) is 0 Å². The summed E-state index contributed by atoms with van der Waals surface area (Å²) in [6.45, 7) is 8.79. The summed E-state index contributed by atoms with van der Waals surface area (Å²) < 4.78 is 5.69. The van der Waals surface area contributed by atoms with Crippen LogP contribution in [0.25, 0.3) is 0 Å². The van der Waals surface area contributed by atoms with Gasteiger partial charge in [-0.15, -0.1) is 24.0 Å². The molecule has 0 aliphatic carbocycles. The van der Waals surface area contributed by atoms with Gasteiger partial charge >= 0.3 is 0 Å². The van der Waals surface area contributed by atoms with Gasteiger partial charge in [0.2, 0.25) is 0 Å². The summed E-state index contributed by atoms with van der Waals surface area (Å²) in [4.78, 5) is 4.14. The largest absolute Gasteiger partial charge is 0.492 e. The first-order chi connectivity index (χ1) is 9.67. The number of halogens is 1. The highest BCUT2D eigenvalue weighted by Crippen LogP contribution is 2.18. The summed E-state index contributed by atoms with van der Waals surface area (Å²) in [6, 6.07) is 8.29. The van der Waals surface area contributed by atoms with Crippen LogP contribution in [0.15, 0.2) is 29.3 Å². The fraction of sp³-hybridized carbons (Fsp3) is 0.562. The average Bonchev–Trinajstić information content (AvgIpc) is 2.47. The minimum atomic E-state index is 0. The lowest BCUT2D eigenvalue weighted by Gasteiger charge is -2.12. The summed E-state index contributed by atoms with van der Waals surface area (Å²) in [6.07, 6.45) is 1.08. The summed E-state index contributed by atoms with van der Waals surface area (Å²) in [5.41, 5.74) is 1.33. The Morgan fingerprint density at radius 3 is 2.29 bits per heavy atom. The van der Waals surface area contributed by atoms with Gasteiger partial charge in [-0.3, -0.25) is 4.99 Å². The molecular formula is C16H28IN3O. The molecule has 0 saturated carbocycles. The van der Waals surface area contributed by atoms with Crippen LogP contribution in [0.1, 0.15) is 38.7 Å². The van der Waals surface area contributed by atoms with Crippen molar-refractivity contribution in [1.82, 2.24) is 10.6 Å². The van der Waals surface area contributed by atoms with Crippen LogP contribution in [0.2, 0.25) is 0 Å². The molecule has 4 nitrogen and oxygen atoms in total. The first-order valence-corrected chi connectivity index (χ1v) is 7.34. The Labute approximate surface area is 145 Å². The standard InChI is InChI=1S/C16H27N3O.HI/c1-5-10-18-16(17-4)19-11-12-20-15-8-6-14(7-9-15)13(2)3;/h6-9,13H,5,10-12H2,1-4H3,(H2,17,18,19);1H. The number of ether oxygens (including phenoxy) is 1. The SMILES string of the molecule is CCCNC(=NC)NCCOc1ccc(C(C)C)cc1.I. The molecule has 0 radical (unpaired) electrons. The highest BCUT2D eigenvalue weighted by atomic mass is 127. The summed E-state index contributed by atoms with van der Waals surface area (Å²) >= 11 is 0. The molecule has 2 N–H and O–H groups in total. The Morgan fingerprint density at radius 2 is 1.76 bits per heavy atom. The van der Waals surface area contributed by atoms with Crippen molar-refractivity contribution in [2.45, 2.75) is 33.1 Å². The van der Waals surface area contributed by atoms with Crippen LogP contribution in [0.3, 0.4) is 0 Å². The monoisotopic (exact) mass is 405 g/mol. The van der Waals surface area contributed by atoms with Crippen molar-refractivity contribution in [2.24, 2.45) is 4.99 Å². The molecule has 1 aromatic rings. The molecule has 0 bridgehead atoms. The van der Waals surface area contributed by atoms with E-state index in [1.807, 2.05) is 12.1 Å².